The van der Waals surface area contributed by atoms with Crippen molar-refractivity contribution in [1.82, 2.24) is 20.0 Å². The third-order valence-electron chi connectivity index (χ3n) is 6.76. The number of benzene rings is 1. The van der Waals surface area contributed by atoms with Crippen LogP contribution in [0.15, 0.2) is 18.2 Å². The van der Waals surface area contributed by atoms with Gasteiger partial charge in [0.05, 0.1) is 13.2 Å². The van der Waals surface area contributed by atoms with E-state index in [9.17, 15) is 18.4 Å². The molecular formula is C23H32F2N4O3. The standard InChI is InChI=1S/C23H32F2N4O3/c24-20-2-1-17(15-21(20)25)16-27-7-5-19(6-8-27)26-23(31)29-9-3-18(4-10-29)22(30)28-11-13-32-14-12-28/h1-2,15,18-19H,3-14,16H2,(H,26,31). The van der Waals surface area contributed by atoms with Crippen LogP contribution in [0.4, 0.5) is 13.6 Å². The van der Waals surface area contributed by atoms with Crippen molar-refractivity contribution in [2.24, 2.45) is 5.92 Å². The molecule has 176 valence electrons. The maximum absolute atomic E-state index is 13.4. The monoisotopic (exact) mass is 450 g/mol. The summed E-state index contributed by atoms with van der Waals surface area (Å²) < 4.78 is 31.8. The Morgan fingerprint density at radius 2 is 1.59 bits per heavy atom. The quantitative estimate of drug-likeness (QED) is 0.764. The molecule has 7 nitrogen and oxygen atoms in total. The van der Waals surface area contributed by atoms with E-state index in [4.69, 9.17) is 4.74 Å². The molecule has 3 amide bonds. The first-order valence-electron chi connectivity index (χ1n) is 11.6. The van der Waals surface area contributed by atoms with Crippen LogP contribution in [0.3, 0.4) is 0 Å². The molecule has 0 atom stereocenters. The van der Waals surface area contributed by atoms with Gasteiger partial charge in [0.15, 0.2) is 11.6 Å². The number of morpholine rings is 1. The molecule has 0 radical (unpaired) electrons. The molecule has 32 heavy (non-hydrogen) atoms. The highest BCUT2D eigenvalue weighted by Crippen LogP contribution is 2.21. The normalized spacial score (nSPS) is 21.6. The molecule has 0 aromatic heterocycles. The fourth-order valence-electron chi connectivity index (χ4n) is 4.77. The largest absolute Gasteiger partial charge is 0.378 e. The molecule has 3 aliphatic rings. The van der Waals surface area contributed by atoms with Crippen LogP contribution in [0.1, 0.15) is 31.2 Å². The first kappa shape index (κ1) is 22.9. The van der Waals surface area contributed by atoms with Gasteiger partial charge < -0.3 is 19.9 Å². The van der Waals surface area contributed by atoms with Crippen molar-refractivity contribution < 1.29 is 23.1 Å². The number of halogens is 2. The minimum atomic E-state index is -0.829. The summed E-state index contributed by atoms with van der Waals surface area (Å²) in [6, 6.07) is 4.07. The number of carbonyl (C=O) groups is 2. The van der Waals surface area contributed by atoms with Crippen molar-refractivity contribution in [2.45, 2.75) is 38.3 Å². The van der Waals surface area contributed by atoms with Crippen LogP contribution >= 0.6 is 0 Å². The van der Waals surface area contributed by atoms with Crippen molar-refractivity contribution >= 4 is 11.9 Å². The average Bonchev–Trinajstić information content (AvgIpc) is 2.83. The van der Waals surface area contributed by atoms with Crippen molar-refractivity contribution in [3.63, 3.8) is 0 Å². The van der Waals surface area contributed by atoms with Gasteiger partial charge in [0.1, 0.15) is 0 Å². The third-order valence-corrected chi connectivity index (χ3v) is 6.76. The number of carbonyl (C=O) groups excluding carboxylic acids is 2. The molecule has 3 saturated heterocycles. The Balaban J connectivity index is 1.17. The molecule has 3 heterocycles. The Hall–Kier alpha value is -2.26. The van der Waals surface area contributed by atoms with E-state index in [0.717, 1.165) is 37.6 Å². The van der Waals surface area contributed by atoms with E-state index in [1.807, 2.05) is 9.80 Å². The predicted molar refractivity (Wildman–Crippen MR) is 115 cm³/mol. The molecule has 1 aromatic carbocycles. The molecule has 0 unspecified atom stereocenters. The van der Waals surface area contributed by atoms with Crippen molar-refractivity contribution in [1.29, 1.82) is 0 Å². The summed E-state index contributed by atoms with van der Waals surface area (Å²) in [6.07, 6.45) is 3.05. The van der Waals surface area contributed by atoms with Crippen LogP contribution in [-0.4, -0.2) is 85.2 Å². The van der Waals surface area contributed by atoms with Gasteiger partial charge in [-0.2, -0.15) is 0 Å². The van der Waals surface area contributed by atoms with Crippen LogP contribution in [0, 0.1) is 17.6 Å². The smallest absolute Gasteiger partial charge is 0.317 e. The first-order chi connectivity index (χ1) is 15.5. The Bertz CT molecular complexity index is 802. The van der Waals surface area contributed by atoms with Crippen LogP contribution in [0.25, 0.3) is 0 Å². The van der Waals surface area contributed by atoms with Crippen LogP contribution in [0.5, 0.6) is 0 Å². The molecule has 0 aliphatic carbocycles. The van der Waals surface area contributed by atoms with E-state index < -0.39 is 11.6 Å². The average molecular weight is 451 g/mol. The molecule has 0 spiro atoms. The Morgan fingerprint density at radius 3 is 2.25 bits per heavy atom. The predicted octanol–water partition coefficient (Wildman–Crippen LogP) is 2.21. The maximum Gasteiger partial charge on any atom is 0.317 e. The SMILES string of the molecule is O=C(NC1CCN(Cc2ccc(F)c(F)c2)CC1)N1CCC(C(=O)N2CCOCC2)CC1. The lowest BCUT2D eigenvalue weighted by molar-refractivity contribution is -0.141. The molecule has 3 aliphatic heterocycles. The van der Waals surface area contributed by atoms with E-state index in [1.54, 1.807) is 6.07 Å². The molecule has 3 fully saturated rings. The molecule has 4 rings (SSSR count). The van der Waals surface area contributed by atoms with E-state index >= 15 is 0 Å². The highest BCUT2D eigenvalue weighted by Gasteiger charge is 2.31. The van der Waals surface area contributed by atoms with Gasteiger partial charge in [-0.05, 0) is 43.4 Å². The Labute approximate surface area is 187 Å². The van der Waals surface area contributed by atoms with Crippen LogP contribution < -0.4 is 5.32 Å². The minimum absolute atomic E-state index is 0.00307. The lowest BCUT2D eigenvalue weighted by Gasteiger charge is -2.37. The number of nitrogens with zero attached hydrogens (tertiary/aromatic N) is 3. The summed E-state index contributed by atoms with van der Waals surface area (Å²) in [5.41, 5.74) is 0.751. The number of piperidine rings is 2. The number of rotatable bonds is 4. The Morgan fingerprint density at radius 1 is 0.906 bits per heavy atom. The number of urea groups is 1. The molecule has 9 heteroatoms. The van der Waals surface area contributed by atoms with Gasteiger partial charge in [-0.1, -0.05) is 6.07 Å². The highest BCUT2D eigenvalue weighted by atomic mass is 19.2. The first-order valence-corrected chi connectivity index (χ1v) is 11.6. The van der Waals surface area contributed by atoms with Gasteiger partial charge in [-0.15, -0.1) is 0 Å². The molecule has 0 bridgehead atoms. The van der Waals surface area contributed by atoms with Gasteiger partial charge in [0.25, 0.3) is 0 Å². The third kappa shape index (κ3) is 5.75. The number of nitrogens with one attached hydrogen (secondary N) is 1. The minimum Gasteiger partial charge on any atom is -0.378 e. The molecule has 1 N–H and O–H groups in total. The highest BCUT2D eigenvalue weighted by molar-refractivity contribution is 5.80. The van der Waals surface area contributed by atoms with E-state index in [0.29, 0.717) is 58.8 Å². The van der Waals surface area contributed by atoms with Gasteiger partial charge in [-0.25, -0.2) is 13.6 Å². The van der Waals surface area contributed by atoms with Crippen LogP contribution in [0.2, 0.25) is 0 Å². The van der Waals surface area contributed by atoms with Crippen molar-refractivity contribution in [3.05, 3.63) is 35.4 Å². The summed E-state index contributed by atoms with van der Waals surface area (Å²) in [5.74, 6) is -1.46. The maximum atomic E-state index is 13.4. The molecule has 0 saturated carbocycles. The molecular weight excluding hydrogens is 418 g/mol. The number of hydrogen-bond donors (Lipinski definition) is 1. The Kier molecular flexibility index (Phi) is 7.57. The van der Waals surface area contributed by atoms with Crippen molar-refractivity contribution in [3.8, 4) is 0 Å². The van der Waals surface area contributed by atoms with E-state index in [2.05, 4.69) is 10.2 Å². The summed E-state index contributed by atoms with van der Waals surface area (Å²) in [4.78, 5) is 31.2. The van der Waals surface area contributed by atoms with Gasteiger partial charge >= 0.3 is 6.03 Å². The lowest BCUT2D eigenvalue weighted by atomic mass is 9.95. The van der Waals surface area contributed by atoms with Gasteiger partial charge in [-0.3, -0.25) is 9.69 Å². The molecule has 1 aromatic rings. The number of likely N-dealkylation sites (tertiary alicyclic amines) is 2. The van der Waals surface area contributed by atoms with Gasteiger partial charge in [0.2, 0.25) is 5.91 Å². The van der Waals surface area contributed by atoms with Crippen LogP contribution in [-0.2, 0) is 16.1 Å². The zero-order valence-electron chi connectivity index (χ0n) is 18.4. The van der Waals surface area contributed by atoms with Gasteiger partial charge in [0, 0.05) is 57.8 Å². The fourth-order valence-corrected chi connectivity index (χ4v) is 4.77. The second-order valence-electron chi connectivity index (χ2n) is 8.95. The topological polar surface area (TPSA) is 65.1 Å². The number of hydrogen-bond acceptors (Lipinski definition) is 4. The zero-order valence-corrected chi connectivity index (χ0v) is 18.4. The summed E-state index contributed by atoms with van der Waals surface area (Å²) in [6.45, 7) is 5.88. The van der Waals surface area contributed by atoms with E-state index in [-0.39, 0.29) is 23.9 Å². The van der Waals surface area contributed by atoms with Crippen molar-refractivity contribution in [2.75, 3.05) is 52.5 Å². The lowest BCUT2D eigenvalue weighted by Crippen LogP contribution is -2.52. The van der Waals surface area contributed by atoms with E-state index in [1.165, 1.54) is 6.07 Å². The zero-order chi connectivity index (χ0) is 22.5. The summed E-state index contributed by atoms with van der Waals surface area (Å²) in [7, 11) is 0. The fraction of sp³-hybridized carbons (Fsp3) is 0.652. The summed E-state index contributed by atoms with van der Waals surface area (Å²) in [5, 5.41) is 3.14. The second-order valence-corrected chi connectivity index (χ2v) is 8.95. The second kappa shape index (κ2) is 10.6. The summed E-state index contributed by atoms with van der Waals surface area (Å²) >= 11 is 0. The number of amides is 3. The number of ether oxygens (including phenoxy) is 1.